The Morgan fingerprint density at radius 2 is 1.80 bits per heavy atom. The van der Waals surface area contributed by atoms with E-state index in [9.17, 15) is 14.0 Å². The predicted molar refractivity (Wildman–Crippen MR) is 118 cm³/mol. The number of H-pyrrole nitrogens is 1. The zero-order valence-electron chi connectivity index (χ0n) is 16.5. The van der Waals surface area contributed by atoms with Gasteiger partial charge in [0.2, 0.25) is 5.91 Å². The van der Waals surface area contributed by atoms with E-state index < -0.39 is 0 Å². The first-order chi connectivity index (χ1) is 14.5. The molecule has 6 nitrogen and oxygen atoms in total. The van der Waals surface area contributed by atoms with E-state index in [1.54, 1.807) is 24.3 Å². The first kappa shape index (κ1) is 20.3. The second-order valence-corrected chi connectivity index (χ2v) is 7.77. The van der Waals surface area contributed by atoms with Crippen LogP contribution in [0.3, 0.4) is 0 Å². The highest BCUT2D eigenvalue weighted by atomic mass is 32.1. The summed E-state index contributed by atoms with van der Waals surface area (Å²) in [5.74, 6) is -0.252. The Balaban J connectivity index is 1.41. The summed E-state index contributed by atoms with van der Waals surface area (Å²) in [5.41, 5.74) is 1.48. The van der Waals surface area contributed by atoms with Gasteiger partial charge in [0, 0.05) is 44.8 Å². The smallest absolute Gasteiger partial charge is 0.262 e. The molecule has 8 heteroatoms. The van der Waals surface area contributed by atoms with Crippen molar-refractivity contribution >= 4 is 34.7 Å². The number of fused-ring (bicyclic) bond motifs is 1. The van der Waals surface area contributed by atoms with Crippen LogP contribution in [0.1, 0.15) is 12.8 Å². The van der Waals surface area contributed by atoms with Crippen LogP contribution in [0.5, 0.6) is 0 Å². The summed E-state index contributed by atoms with van der Waals surface area (Å²) in [6, 6.07) is 13.6. The number of aromatic amines is 1. The minimum atomic E-state index is -0.257. The zero-order chi connectivity index (χ0) is 21.1. The van der Waals surface area contributed by atoms with E-state index in [1.165, 1.54) is 16.7 Å². The number of halogens is 1. The summed E-state index contributed by atoms with van der Waals surface area (Å²) in [5, 5.41) is 0.559. The van der Waals surface area contributed by atoms with Gasteiger partial charge in [-0.1, -0.05) is 12.1 Å². The monoisotopic (exact) mass is 426 g/mol. The highest BCUT2D eigenvalue weighted by Crippen LogP contribution is 2.17. The van der Waals surface area contributed by atoms with Crippen LogP contribution in [0.25, 0.3) is 10.9 Å². The molecule has 156 valence electrons. The molecule has 2 heterocycles. The second kappa shape index (κ2) is 8.79. The third-order valence-electron chi connectivity index (χ3n) is 5.48. The largest absolute Gasteiger partial charge is 0.370 e. The van der Waals surface area contributed by atoms with Gasteiger partial charge in [0.25, 0.3) is 5.56 Å². The molecule has 1 N–H and O–H groups in total. The molecule has 0 bridgehead atoms. The molecule has 30 heavy (non-hydrogen) atoms. The Kier molecular flexibility index (Phi) is 5.94. The van der Waals surface area contributed by atoms with Crippen molar-refractivity contribution in [2.24, 2.45) is 0 Å². The van der Waals surface area contributed by atoms with E-state index in [0.717, 1.165) is 18.7 Å². The van der Waals surface area contributed by atoms with Crippen LogP contribution >= 0.6 is 12.2 Å². The van der Waals surface area contributed by atoms with E-state index >= 15 is 0 Å². The number of amides is 1. The number of aromatic nitrogens is 2. The number of nitrogens with zero attached hydrogens (tertiary/aromatic N) is 3. The van der Waals surface area contributed by atoms with Crippen molar-refractivity contribution in [2.75, 3.05) is 31.1 Å². The van der Waals surface area contributed by atoms with E-state index in [2.05, 4.69) is 9.88 Å². The molecule has 0 radical (unpaired) electrons. The highest BCUT2D eigenvalue weighted by molar-refractivity contribution is 7.71. The lowest BCUT2D eigenvalue weighted by Crippen LogP contribution is -2.36. The number of para-hydroxylation sites is 1. The highest BCUT2D eigenvalue weighted by Gasteiger charge is 2.19. The van der Waals surface area contributed by atoms with E-state index in [4.69, 9.17) is 12.2 Å². The normalized spacial score (nSPS) is 14.7. The molecule has 1 saturated heterocycles. The maximum atomic E-state index is 13.2. The third kappa shape index (κ3) is 4.28. The first-order valence-corrected chi connectivity index (χ1v) is 10.4. The SMILES string of the molecule is O=C(CCn1c(=S)[nH]c2ccccc2c1=O)N1CCCN(c2ccc(F)cc2)CC1. The maximum Gasteiger partial charge on any atom is 0.262 e. The van der Waals surface area contributed by atoms with Gasteiger partial charge in [-0.3, -0.25) is 14.2 Å². The average Bonchev–Trinajstić information content (AvgIpc) is 3.00. The third-order valence-corrected chi connectivity index (χ3v) is 5.80. The minimum Gasteiger partial charge on any atom is -0.370 e. The number of carbonyl (C=O) groups is 1. The standard InChI is InChI=1S/C22H23FN4O2S/c23-16-6-8-17(9-7-16)25-11-3-12-26(15-14-25)20(28)10-13-27-21(29)18-4-1-2-5-19(18)24-22(27)30/h1-2,4-9H,3,10-15H2,(H,24,30). The Hall–Kier alpha value is -3.00. The van der Waals surface area contributed by atoms with Gasteiger partial charge in [-0.2, -0.15) is 0 Å². The van der Waals surface area contributed by atoms with Gasteiger partial charge in [0.1, 0.15) is 5.82 Å². The van der Waals surface area contributed by atoms with Gasteiger partial charge in [-0.15, -0.1) is 0 Å². The predicted octanol–water partition coefficient (Wildman–Crippen LogP) is 3.33. The minimum absolute atomic E-state index is 0.00501. The number of rotatable bonds is 4. The molecule has 0 aliphatic carbocycles. The van der Waals surface area contributed by atoms with Gasteiger partial charge in [-0.05, 0) is 55.0 Å². The van der Waals surface area contributed by atoms with Crippen LogP contribution in [0, 0.1) is 10.6 Å². The van der Waals surface area contributed by atoms with Gasteiger partial charge >= 0.3 is 0 Å². The first-order valence-electron chi connectivity index (χ1n) is 10.0. The molecule has 1 amide bonds. The lowest BCUT2D eigenvalue weighted by molar-refractivity contribution is -0.131. The topological polar surface area (TPSA) is 61.3 Å². The lowest BCUT2D eigenvalue weighted by Gasteiger charge is -2.24. The summed E-state index contributed by atoms with van der Waals surface area (Å²) < 4.78 is 14.9. The number of nitrogens with one attached hydrogen (secondary N) is 1. The van der Waals surface area contributed by atoms with Crippen LogP contribution in [-0.2, 0) is 11.3 Å². The van der Waals surface area contributed by atoms with E-state index in [-0.39, 0.29) is 30.2 Å². The van der Waals surface area contributed by atoms with Crippen molar-refractivity contribution in [1.29, 1.82) is 0 Å². The maximum absolute atomic E-state index is 13.2. The van der Waals surface area contributed by atoms with Crippen molar-refractivity contribution in [3.63, 3.8) is 0 Å². The lowest BCUT2D eigenvalue weighted by atomic mass is 10.2. The van der Waals surface area contributed by atoms with Gasteiger partial charge in [0.15, 0.2) is 4.77 Å². The molecule has 1 aliphatic rings. The number of carbonyl (C=O) groups excluding carboxylic acids is 1. The molecule has 0 unspecified atom stereocenters. The molecule has 4 rings (SSSR count). The van der Waals surface area contributed by atoms with Gasteiger partial charge < -0.3 is 14.8 Å². The molecule has 3 aromatic rings. The van der Waals surface area contributed by atoms with Crippen LogP contribution in [0.4, 0.5) is 10.1 Å². The molecule has 0 spiro atoms. The molecule has 0 saturated carbocycles. The van der Waals surface area contributed by atoms with Gasteiger partial charge in [0.05, 0.1) is 10.9 Å². The molecule has 1 aliphatic heterocycles. The summed E-state index contributed by atoms with van der Waals surface area (Å²) in [6.07, 6.45) is 1.05. The van der Waals surface area contributed by atoms with Crippen molar-refractivity contribution < 1.29 is 9.18 Å². The van der Waals surface area contributed by atoms with Crippen LogP contribution in [0.15, 0.2) is 53.3 Å². The fourth-order valence-electron chi connectivity index (χ4n) is 3.84. The fourth-order valence-corrected chi connectivity index (χ4v) is 4.13. The van der Waals surface area contributed by atoms with Crippen LogP contribution in [0.2, 0.25) is 0 Å². The quantitative estimate of drug-likeness (QED) is 0.650. The second-order valence-electron chi connectivity index (χ2n) is 7.38. The number of hydrogen-bond donors (Lipinski definition) is 1. The summed E-state index contributed by atoms with van der Waals surface area (Å²) in [6.45, 7) is 3.00. The van der Waals surface area contributed by atoms with Crippen molar-refractivity contribution in [3.05, 3.63) is 69.5 Å². The van der Waals surface area contributed by atoms with Crippen molar-refractivity contribution in [2.45, 2.75) is 19.4 Å². The molecule has 2 aromatic carbocycles. The zero-order valence-corrected chi connectivity index (χ0v) is 17.3. The van der Waals surface area contributed by atoms with Crippen LogP contribution in [-0.4, -0.2) is 46.5 Å². The molecular weight excluding hydrogens is 403 g/mol. The average molecular weight is 427 g/mol. The van der Waals surface area contributed by atoms with Gasteiger partial charge in [-0.25, -0.2) is 4.39 Å². The fraction of sp³-hybridized carbons (Fsp3) is 0.318. The number of anilines is 1. The van der Waals surface area contributed by atoms with Crippen LogP contribution < -0.4 is 10.5 Å². The molecule has 0 atom stereocenters. The summed E-state index contributed by atoms with van der Waals surface area (Å²) in [4.78, 5) is 32.6. The molecular formula is C22H23FN4O2S. The van der Waals surface area contributed by atoms with E-state index in [1.807, 2.05) is 17.0 Å². The van der Waals surface area contributed by atoms with Crippen molar-refractivity contribution in [1.82, 2.24) is 14.5 Å². The van der Waals surface area contributed by atoms with Crippen molar-refractivity contribution in [3.8, 4) is 0 Å². The Labute approximate surface area is 178 Å². The Morgan fingerprint density at radius 3 is 2.60 bits per heavy atom. The Bertz CT molecular complexity index is 1170. The molecule has 1 aromatic heterocycles. The number of hydrogen-bond acceptors (Lipinski definition) is 4. The van der Waals surface area contributed by atoms with E-state index in [0.29, 0.717) is 35.3 Å². The molecule has 1 fully saturated rings. The summed E-state index contributed by atoms with van der Waals surface area (Å²) in [7, 11) is 0. The number of benzene rings is 2. The summed E-state index contributed by atoms with van der Waals surface area (Å²) >= 11 is 5.32. The Morgan fingerprint density at radius 1 is 1.03 bits per heavy atom.